The summed E-state index contributed by atoms with van der Waals surface area (Å²) in [6.45, 7) is 4.78. The highest BCUT2D eigenvalue weighted by Crippen LogP contribution is 2.30. The molecule has 1 aliphatic rings. The molecule has 1 amide bonds. The second-order valence-corrected chi connectivity index (χ2v) is 5.77. The normalized spacial score (nSPS) is 13.9. The maximum Gasteiger partial charge on any atom is 0.258 e. The van der Waals surface area contributed by atoms with Crippen LogP contribution in [0, 0.1) is 13.8 Å². The first-order valence-corrected chi connectivity index (χ1v) is 7.34. The van der Waals surface area contributed by atoms with Crippen molar-refractivity contribution in [3.05, 3.63) is 58.7 Å². The molecule has 0 aliphatic carbocycles. The minimum absolute atomic E-state index is 0.0686. The van der Waals surface area contributed by atoms with Crippen LogP contribution in [0.3, 0.4) is 0 Å². The van der Waals surface area contributed by atoms with E-state index in [-0.39, 0.29) is 5.91 Å². The molecule has 0 unspecified atom stereocenters. The van der Waals surface area contributed by atoms with E-state index < -0.39 is 0 Å². The van der Waals surface area contributed by atoms with Crippen LogP contribution in [-0.4, -0.2) is 12.5 Å². The number of carbonyl (C=O) groups excluding carboxylic acids is 1. The Labute approximate surface area is 125 Å². The third-order valence-electron chi connectivity index (χ3n) is 4.09. The monoisotopic (exact) mass is 280 g/mol. The van der Waals surface area contributed by atoms with Crippen molar-refractivity contribution in [1.29, 1.82) is 0 Å². The Morgan fingerprint density at radius 1 is 1.14 bits per heavy atom. The summed E-state index contributed by atoms with van der Waals surface area (Å²) in [7, 11) is 0. The van der Waals surface area contributed by atoms with Crippen LogP contribution >= 0.6 is 0 Å². The summed E-state index contributed by atoms with van der Waals surface area (Å²) in [5.41, 5.74) is 11.7. The fourth-order valence-corrected chi connectivity index (χ4v) is 3.00. The van der Waals surface area contributed by atoms with Gasteiger partial charge in [0.1, 0.15) is 0 Å². The quantitative estimate of drug-likeness (QED) is 0.813. The summed E-state index contributed by atoms with van der Waals surface area (Å²) < 4.78 is 0. The zero-order valence-electron chi connectivity index (χ0n) is 12.5. The largest absolute Gasteiger partial charge is 0.399 e. The van der Waals surface area contributed by atoms with Crippen LogP contribution in [0.2, 0.25) is 0 Å². The summed E-state index contributed by atoms with van der Waals surface area (Å²) in [4.78, 5) is 14.8. The Morgan fingerprint density at radius 2 is 1.95 bits per heavy atom. The van der Waals surface area contributed by atoms with Crippen molar-refractivity contribution in [3.8, 4) is 0 Å². The van der Waals surface area contributed by atoms with Crippen LogP contribution < -0.4 is 10.6 Å². The fourth-order valence-electron chi connectivity index (χ4n) is 3.00. The number of amides is 1. The molecule has 2 aromatic carbocycles. The fraction of sp³-hybridized carbons (Fsp3) is 0.278. The lowest BCUT2D eigenvalue weighted by molar-refractivity contribution is 0.0984. The molecule has 1 aliphatic heterocycles. The maximum absolute atomic E-state index is 12.9. The lowest BCUT2D eigenvalue weighted by atomic mass is 9.98. The molecule has 3 rings (SSSR count). The number of carbonyl (C=O) groups is 1. The van der Waals surface area contributed by atoms with Crippen LogP contribution in [0.15, 0.2) is 36.4 Å². The van der Waals surface area contributed by atoms with E-state index in [4.69, 9.17) is 5.73 Å². The molecular weight excluding hydrogens is 260 g/mol. The third-order valence-corrected chi connectivity index (χ3v) is 4.09. The van der Waals surface area contributed by atoms with Gasteiger partial charge in [0.15, 0.2) is 0 Å². The zero-order valence-corrected chi connectivity index (χ0v) is 12.5. The van der Waals surface area contributed by atoms with Gasteiger partial charge in [-0.15, -0.1) is 0 Å². The van der Waals surface area contributed by atoms with Gasteiger partial charge in [-0.25, -0.2) is 0 Å². The zero-order chi connectivity index (χ0) is 15.0. The maximum atomic E-state index is 12.9. The molecule has 0 fully saturated rings. The minimum atomic E-state index is 0.0686. The van der Waals surface area contributed by atoms with Gasteiger partial charge in [-0.3, -0.25) is 4.79 Å². The number of benzene rings is 2. The van der Waals surface area contributed by atoms with Gasteiger partial charge in [-0.2, -0.15) is 0 Å². The SMILES string of the molecule is Cc1ccc(C(=O)N2CCCc3ccc(N)cc32)c(C)c1. The highest BCUT2D eigenvalue weighted by atomic mass is 16.2. The van der Waals surface area contributed by atoms with E-state index in [1.807, 2.05) is 49.1 Å². The first-order valence-electron chi connectivity index (χ1n) is 7.34. The standard InChI is InChI=1S/C18H20N2O/c1-12-5-8-16(13(2)10-12)18(21)20-9-3-4-14-6-7-15(19)11-17(14)20/h5-8,10-11H,3-4,9,19H2,1-2H3. The molecular formula is C18H20N2O. The van der Waals surface area contributed by atoms with Gasteiger partial charge >= 0.3 is 0 Å². The number of nitrogens with zero attached hydrogens (tertiary/aromatic N) is 1. The summed E-state index contributed by atoms with van der Waals surface area (Å²) in [5.74, 6) is 0.0686. The van der Waals surface area contributed by atoms with Crippen molar-refractivity contribution >= 4 is 17.3 Å². The minimum Gasteiger partial charge on any atom is -0.399 e. The number of nitrogens with two attached hydrogens (primary N) is 1. The van der Waals surface area contributed by atoms with E-state index in [9.17, 15) is 4.79 Å². The van der Waals surface area contributed by atoms with Gasteiger partial charge in [-0.1, -0.05) is 23.8 Å². The summed E-state index contributed by atoms with van der Waals surface area (Å²) >= 11 is 0. The van der Waals surface area contributed by atoms with E-state index >= 15 is 0 Å². The van der Waals surface area contributed by atoms with E-state index in [1.165, 1.54) is 11.1 Å². The van der Waals surface area contributed by atoms with Crippen molar-refractivity contribution in [2.24, 2.45) is 0 Å². The van der Waals surface area contributed by atoms with Crippen LogP contribution in [0.1, 0.15) is 33.5 Å². The molecule has 0 spiro atoms. The third kappa shape index (κ3) is 2.51. The number of fused-ring (bicyclic) bond motifs is 1. The molecule has 0 bridgehead atoms. The topological polar surface area (TPSA) is 46.3 Å². The number of nitrogen functional groups attached to an aromatic ring is 1. The number of anilines is 2. The number of hydrogen-bond acceptors (Lipinski definition) is 2. The molecule has 0 saturated carbocycles. The first kappa shape index (κ1) is 13.7. The van der Waals surface area contributed by atoms with E-state index in [2.05, 4.69) is 6.07 Å². The molecule has 2 N–H and O–H groups in total. The predicted molar refractivity (Wildman–Crippen MR) is 86.8 cm³/mol. The molecule has 3 nitrogen and oxygen atoms in total. The van der Waals surface area contributed by atoms with Crippen molar-refractivity contribution in [2.45, 2.75) is 26.7 Å². The Balaban J connectivity index is 2.02. The molecule has 0 radical (unpaired) electrons. The Morgan fingerprint density at radius 3 is 2.71 bits per heavy atom. The molecule has 2 aromatic rings. The van der Waals surface area contributed by atoms with E-state index in [1.54, 1.807) is 0 Å². The highest BCUT2D eigenvalue weighted by Gasteiger charge is 2.24. The average Bonchev–Trinajstić information content (AvgIpc) is 2.46. The lowest BCUT2D eigenvalue weighted by Gasteiger charge is -2.30. The molecule has 0 atom stereocenters. The number of aryl methyl sites for hydroxylation is 3. The van der Waals surface area contributed by atoms with Crippen LogP contribution in [-0.2, 0) is 6.42 Å². The Kier molecular flexibility index (Phi) is 3.42. The smallest absolute Gasteiger partial charge is 0.258 e. The van der Waals surface area contributed by atoms with E-state index in [0.717, 1.165) is 36.2 Å². The van der Waals surface area contributed by atoms with Crippen LogP contribution in [0.4, 0.5) is 11.4 Å². The van der Waals surface area contributed by atoms with Crippen molar-refractivity contribution in [2.75, 3.05) is 17.2 Å². The lowest BCUT2D eigenvalue weighted by Crippen LogP contribution is -2.36. The average molecular weight is 280 g/mol. The molecule has 21 heavy (non-hydrogen) atoms. The molecule has 0 aromatic heterocycles. The second kappa shape index (κ2) is 5.24. The molecule has 1 heterocycles. The van der Waals surface area contributed by atoms with Crippen molar-refractivity contribution < 1.29 is 4.79 Å². The summed E-state index contributed by atoms with van der Waals surface area (Å²) in [6.07, 6.45) is 2.00. The molecule has 108 valence electrons. The Bertz CT molecular complexity index is 706. The van der Waals surface area contributed by atoms with Crippen molar-refractivity contribution in [1.82, 2.24) is 0 Å². The first-order chi connectivity index (χ1) is 10.1. The van der Waals surface area contributed by atoms with Gasteiger partial charge in [0.05, 0.1) is 0 Å². The summed E-state index contributed by atoms with van der Waals surface area (Å²) in [6, 6.07) is 11.8. The number of hydrogen-bond donors (Lipinski definition) is 1. The number of rotatable bonds is 1. The predicted octanol–water partition coefficient (Wildman–Crippen LogP) is 3.48. The second-order valence-electron chi connectivity index (χ2n) is 5.77. The highest BCUT2D eigenvalue weighted by molar-refractivity contribution is 6.07. The molecule has 3 heteroatoms. The van der Waals surface area contributed by atoms with Crippen molar-refractivity contribution in [3.63, 3.8) is 0 Å². The van der Waals surface area contributed by atoms with Gasteiger partial charge in [0.25, 0.3) is 5.91 Å². The van der Waals surface area contributed by atoms with Gasteiger partial charge in [-0.05, 0) is 56.0 Å². The van der Waals surface area contributed by atoms with Crippen LogP contribution in [0.25, 0.3) is 0 Å². The van der Waals surface area contributed by atoms with E-state index in [0.29, 0.717) is 5.69 Å². The van der Waals surface area contributed by atoms with Crippen LogP contribution in [0.5, 0.6) is 0 Å². The Hall–Kier alpha value is -2.29. The van der Waals surface area contributed by atoms with Gasteiger partial charge in [0, 0.05) is 23.5 Å². The van der Waals surface area contributed by atoms with Gasteiger partial charge in [0.2, 0.25) is 0 Å². The van der Waals surface area contributed by atoms with Gasteiger partial charge < -0.3 is 10.6 Å². The summed E-state index contributed by atoms with van der Waals surface area (Å²) in [5, 5.41) is 0. The molecule has 0 saturated heterocycles.